The molecule has 0 aliphatic heterocycles. The van der Waals surface area contributed by atoms with Gasteiger partial charge in [-0.25, -0.2) is 13.8 Å². The van der Waals surface area contributed by atoms with Crippen molar-refractivity contribution in [3.63, 3.8) is 0 Å². The van der Waals surface area contributed by atoms with Crippen LogP contribution in [0.25, 0.3) is 11.3 Å². The van der Waals surface area contributed by atoms with Crippen LogP contribution in [0.3, 0.4) is 0 Å². The number of ether oxygens (including phenoxy) is 2. The molecule has 1 aromatic heterocycles. The van der Waals surface area contributed by atoms with Crippen molar-refractivity contribution in [2.45, 2.75) is 13.3 Å². The zero-order valence-electron chi connectivity index (χ0n) is 20.8. The number of benzene rings is 2. The first-order valence-electron chi connectivity index (χ1n) is 11.4. The highest BCUT2D eigenvalue weighted by Crippen LogP contribution is 2.30. The number of amides is 2. The molecule has 0 spiro atoms. The number of aromatic nitrogens is 2. The number of hydrogen-bond acceptors (Lipinski definition) is 6. The van der Waals surface area contributed by atoms with E-state index in [9.17, 15) is 18.4 Å². The Bertz CT molecular complexity index is 1230. The van der Waals surface area contributed by atoms with Crippen LogP contribution in [0, 0.1) is 11.6 Å². The van der Waals surface area contributed by atoms with Crippen LogP contribution >= 0.6 is 12.4 Å². The van der Waals surface area contributed by atoms with Crippen LogP contribution in [-0.2, 0) is 18.2 Å². The van der Waals surface area contributed by atoms with Gasteiger partial charge >= 0.3 is 0 Å². The van der Waals surface area contributed by atoms with Gasteiger partial charge in [0.15, 0.2) is 5.82 Å². The quantitative estimate of drug-likeness (QED) is 0.323. The summed E-state index contributed by atoms with van der Waals surface area (Å²) in [4.78, 5) is 29.5. The summed E-state index contributed by atoms with van der Waals surface area (Å²) in [6, 6.07) is 7.04. The van der Waals surface area contributed by atoms with Gasteiger partial charge in [-0.15, -0.1) is 12.4 Å². The Labute approximate surface area is 219 Å². The van der Waals surface area contributed by atoms with Crippen molar-refractivity contribution < 1.29 is 27.8 Å². The lowest BCUT2D eigenvalue weighted by Crippen LogP contribution is -2.28. The number of nitrogens with zero attached hydrogens (tertiary/aromatic N) is 2. The molecule has 9 nitrogen and oxygen atoms in total. The number of imidazole rings is 1. The fourth-order valence-corrected chi connectivity index (χ4v) is 3.66. The van der Waals surface area contributed by atoms with Crippen LogP contribution < -0.4 is 21.1 Å². The third-order valence-corrected chi connectivity index (χ3v) is 5.48. The second kappa shape index (κ2) is 13.7. The number of halogens is 3. The van der Waals surface area contributed by atoms with Crippen molar-refractivity contribution in [2.75, 3.05) is 38.7 Å². The lowest BCUT2D eigenvalue weighted by Gasteiger charge is -2.13. The fraction of sp³-hybridized carbons (Fsp3) is 0.320. The van der Waals surface area contributed by atoms with Gasteiger partial charge in [-0.05, 0) is 30.2 Å². The van der Waals surface area contributed by atoms with E-state index in [4.69, 9.17) is 15.2 Å². The molecule has 0 saturated heterocycles. The van der Waals surface area contributed by atoms with Crippen molar-refractivity contribution in [3.05, 3.63) is 65.1 Å². The number of rotatable bonds is 11. The molecule has 0 fully saturated rings. The smallest absolute Gasteiger partial charge is 0.291 e. The highest BCUT2D eigenvalue weighted by molar-refractivity contribution is 6.03. The maximum Gasteiger partial charge on any atom is 0.291 e. The number of nitrogens with two attached hydrogens (primary N) is 1. The predicted octanol–water partition coefficient (Wildman–Crippen LogP) is 3.32. The number of nitrogens with one attached hydrogen (secondary N) is 2. The maximum atomic E-state index is 14.5. The van der Waals surface area contributed by atoms with E-state index in [-0.39, 0.29) is 41.1 Å². The van der Waals surface area contributed by atoms with Gasteiger partial charge in [0, 0.05) is 43.5 Å². The van der Waals surface area contributed by atoms with Gasteiger partial charge in [0.05, 0.1) is 37.8 Å². The van der Waals surface area contributed by atoms with E-state index in [2.05, 4.69) is 15.6 Å². The number of carbonyl (C=O) groups excluding carboxylic acids is 2. The fourth-order valence-electron chi connectivity index (χ4n) is 3.66. The Morgan fingerprint density at radius 3 is 2.43 bits per heavy atom. The molecule has 0 aliphatic carbocycles. The lowest BCUT2D eigenvalue weighted by atomic mass is 10.0. The first-order chi connectivity index (χ1) is 17.3. The highest BCUT2D eigenvalue weighted by atomic mass is 35.5. The average molecular weight is 538 g/mol. The summed E-state index contributed by atoms with van der Waals surface area (Å²) in [7, 11) is 2.80. The highest BCUT2D eigenvalue weighted by Gasteiger charge is 2.22. The molecule has 0 bridgehead atoms. The van der Waals surface area contributed by atoms with E-state index in [0.717, 1.165) is 17.7 Å². The van der Waals surface area contributed by atoms with Gasteiger partial charge in [0.2, 0.25) is 0 Å². The van der Waals surface area contributed by atoms with Gasteiger partial charge in [-0.2, -0.15) is 0 Å². The minimum absolute atomic E-state index is 0. The number of carbonyl (C=O) groups is 2. The van der Waals surface area contributed by atoms with Gasteiger partial charge in [0.25, 0.3) is 11.8 Å². The molecule has 200 valence electrons. The molecule has 3 aromatic rings. The van der Waals surface area contributed by atoms with Gasteiger partial charge < -0.3 is 30.4 Å². The number of aryl methyl sites for hydroxylation is 1. The summed E-state index contributed by atoms with van der Waals surface area (Å²) in [5, 5.41) is 5.51. The molecule has 0 radical (unpaired) electrons. The molecule has 12 heteroatoms. The second-order valence-electron chi connectivity index (χ2n) is 7.83. The van der Waals surface area contributed by atoms with Crippen molar-refractivity contribution in [1.82, 2.24) is 14.9 Å². The molecule has 0 atom stereocenters. The molecule has 0 saturated carbocycles. The normalized spacial score (nSPS) is 10.5. The zero-order chi connectivity index (χ0) is 26.2. The summed E-state index contributed by atoms with van der Waals surface area (Å²) < 4.78 is 40.5. The molecular formula is C25H30ClF2N5O4. The van der Waals surface area contributed by atoms with Crippen LogP contribution in [0.1, 0.15) is 33.5 Å². The Morgan fingerprint density at radius 1 is 1.11 bits per heavy atom. The summed E-state index contributed by atoms with van der Waals surface area (Å²) in [5.41, 5.74) is 6.80. The monoisotopic (exact) mass is 537 g/mol. The SMILES string of the molecule is CCc1cc(NC(=O)c2ncc(-c3c(F)cc(OC)cc3F)n2C)ccc1C(=O)NCCOCCN.Cl. The first-order valence-corrected chi connectivity index (χ1v) is 11.4. The van der Waals surface area contributed by atoms with E-state index < -0.39 is 17.5 Å². The van der Waals surface area contributed by atoms with Crippen molar-refractivity contribution in [3.8, 4) is 17.0 Å². The maximum absolute atomic E-state index is 14.5. The van der Waals surface area contributed by atoms with Crippen molar-refractivity contribution >= 4 is 29.9 Å². The number of anilines is 1. The molecule has 2 aromatic carbocycles. The lowest BCUT2D eigenvalue weighted by molar-refractivity contribution is 0.0918. The van der Waals surface area contributed by atoms with Crippen molar-refractivity contribution in [1.29, 1.82) is 0 Å². The van der Waals surface area contributed by atoms with Gasteiger partial charge in [0.1, 0.15) is 17.4 Å². The first kappa shape index (κ1) is 29.7. The Morgan fingerprint density at radius 2 is 1.81 bits per heavy atom. The Hall–Kier alpha value is -3.54. The van der Waals surface area contributed by atoms with Crippen LogP contribution in [-0.4, -0.2) is 54.8 Å². The van der Waals surface area contributed by atoms with Gasteiger partial charge in [-0.1, -0.05) is 6.92 Å². The third-order valence-electron chi connectivity index (χ3n) is 5.48. The standard InChI is InChI=1S/C25H29F2N5O4.ClH/c1-4-15-11-16(5-6-18(15)24(33)29-8-10-36-9-7-28)31-25(34)23-30-14-21(32(23)2)22-19(26)12-17(35-3)13-20(22)27;/h5-6,11-14H,4,7-10,28H2,1-3H3,(H,29,33)(H,31,34);1H. The van der Waals surface area contributed by atoms with Crippen LogP contribution in [0.5, 0.6) is 5.75 Å². The average Bonchev–Trinajstić information content (AvgIpc) is 3.24. The summed E-state index contributed by atoms with van der Waals surface area (Å²) in [6.45, 7) is 3.43. The summed E-state index contributed by atoms with van der Waals surface area (Å²) >= 11 is 0. The van der Waals surface area contributed by atoms with Crippen LogP contribution in [0.15, 0.2) is 36.5 Å². The molecule has 0 unspecified atom stereocenters. The third kappa shape index (κ3) is 7.03. The Kier molecular flexibility index (Phi) is 11.0. The summed E-state index contributed by atoms with van der Waals surface area (Å²) in [6.07, 6.45) is 1.78. The molecule has 0 aliphatic rings. The zero-order valence-corrected chi connectivity index (χ0v) is 21.6. The van der Waals surface area contributed by atoms with E-state index in [1.54, 1.807) is 18.2 Å². The van der Waals surface area contributed by atoms with E-state index >= 15 is 0 Å². The van der Waals surface area contributed by atoms with Gasteiger partial charge in [-0.3, -0.25) is 9.59 Å². The van der Waals surface area contributed by atoms with E-state index in [0.29, 0.717) is 44.0 Å². The molecular weight excluding hydrogens is 508 g/mol. The molecule has 3 rings (SSSR count). The minimum Gasteiger partial charge on any atom is -0.497 e. The minimum atomic E-state index is -0.839. The molecule has 37 heavy (non-hydrogen) atoms. The number of methoxy groups -OCH3 is 1. The van der Waals surface area contributed by atoms with E-state index in [1.807, 2.05) is 6.92 Å². The molecule has 1 heterocycles. The van der Waals surface area contributed by atoms with E-state index in [1.165, 1.54) is 24.9 Å². The molecule has 2 amide bonds. The largest absolute Gasteiger partial charge is 0.497 e. The molecule has 4 N–H and O–H groups in total. The van der Waals surface area contributed by atoms with Crippen LogP contribution in [0.2, 0.25) is 0 Å². The van der Waals surface area contributed by atoms with Crippen molar-refractivity contribution in [2.24, 2.45) is 12.8 Å². The number of hydrogen-bond donors (Lipinski definition) is 3. The second-order valence-corrected chi connectivity index (χ2v) is 7.83. The predicted molar refractivity (Wildman–Crippen MR) is 138 cm³/mol. The topological polar surface area (TPSA) is 120 Å². The Balaban J connectivity index is 0.00000481. The van der Waals surface area contributed by atoms with Crippen LogP contribution in [0.4, 0.5) is 14.5 Å². The summed E-state index contributed by atoms with van der Waals surface area (Å²) in [5.74, 6) is -2.51.